The molecule has 0 aromatic heterocycles. The van der Waals surface area contributed by atoms with Gasteiger partial charge >= 0.3 is 0 Å². The summed E-state index contributed by atoms with van der Waals surface area (Å²) < 4.78 is 1.17. The highest BCUT2D eigenvalue weighted by molar-refractivity contribution is 5.42. The van der Waals surface area contributed by atoms with Crippen molar-refractivity contribution in [2.75, 3.05) is 19.6 Å². The number of benzene rings is 1. The molecule has 0 unspecified atom stereocenters. The second-order valence-electron chi connectivity index (χ2n) is 4.65. The number of halogens is 1. The van der Waals surface area contributed by atoms with Crippen LogP contribution in [0.25, 0.3) is 0 Å². The Balaban J connectivity index is 0.00000256. The summed E-state index contributed by atoms with van der Waals surface area (Å²) in [6, 6.07) is 11.0. The molecule has 0 radical (unpaired) electrons. The summed E-state index contributed by atoms with van der Waals surface area (Å²) in [6.07, 6.45) is 3.78. The summed E-state index contributed by atoms with van der Waals surface area (Å²) in [5, 5.41) is 0. The van der Waals surface area contributed by atoms with Crippen molar-refractivity contribution in [2.24, 2.45) is 0 Å². The van der Waals surface area contributed by atoms with Crippen LogP contribution in [0.3, 0.4) is 0 Å². The van der Waals surface area contributed by atoms with Gasteiger partial charge in [0.1, 0.15) is 5.69 Å². The van der Waals surface area contributed by atoms with E-state index >= 15 is 0 Å². The molecule has 1 nitrogen and oxygen atoms in total. The maximum atomic E-state index is 2.29. The fourth-order valence-electron chi connectivity index (χ4n) is 2.75. The zero-order valence-corrected chi connectivity index (χ0v) is 13.0. The van der Waals surface area contributed by atoms with Crippen molar-refractivity contribution in [2.45, 2.75) is 40.0 Å². The Labute approximate surface area is 117 Å². The average Bonchev–Trinajstić information content (AvgIpc) is 2.31. The van der Waals surface area contributed by atoms with Gasteiger partial charge in [-0.15, -0.1) is 0 Å². The molecule has 17 heavy (non-hydrogen) atoms. The first-order chi connectivity index (χ1) is 7.79. The summed E-state index contributed by atoms with van der Waals surface area (Å²) in [7, 11) is 0. The van der Waals surface area contributed by atoms with Crippen LogP contribution in [0, 0.1) is 0 Å². The lowest BCUT2D eigenvalue weighted by Crippen LogP contribution is -3.00. The molecule has 1 rings (SSSR count). The van der Waals surface area contributed by atoms with E-state index in [0.29, 0.717) is 0 Å². The van der Waals surface area contributed by atoms with Gasteiger partial charge < -0.3 is 17.0 Å². The Morgan fingerprint density at radius 2 is 1.18 bits per heavy atom. The third-order valence-electron chi connectivity index (χ3n) is 3.26. The van der Waals surface area contributed by atoms with E-state index < -0.39 is 0 Å². The highest BCUT2D eigenvalue weighted by atomic mass is 79.9. The van der Waals surface area contributed by atoms with Gasteiger partial charge in [-0.2, -0.15) is 0 Å². The summed E-state index contributed by atoms with van der Waals surface area (Å²) >= 11 is 0. The van der Waals surface area contributed by atoms with Gasteiger partial charge in [0.2, 0.25) is 0 Å². The van der Waals surface area contributed by atoms with Crippen molar-refractivity contribution in [3.05, 3.63) is 30.3 Å². The number of hydrogen-bond acceptors (Lipinski definition) is 0. The van der Waals surface area contributed by atoms with Crippen LogP contribution in [-0.4, -0.2) is 19.6 Å². The first-order valence-electron chi connectivity index (χ1n) is 6.70. The second kappa shape index (κ2) is 8.71. The lowest BCUT2D eigenvalue weighted by atomic mass is 10.1. The molecule has 0 spiro atoms. The van der Waals surface area contributed by atoms with Crippen molar-refractivity contribution >= 4 is 5.69 Å². The minimum Gasteiger partial charge on any atom is -1.00 e. The largest absolute Gasteiger partial charge is 1.00 e. The van der Waals surface area contributed by atoms with Crippen LogP contribution < -0.4 is 21.5 Å². The third kappa shape index (κ3) is 4.44. The lowest BCUT2D eigenvalue weighted by molar-refractivity contribution is -0.00000357. The highest BCUT2D eigenvalue weighted by Gasteiger charge is 2.27. The third-order valence-corrected chi connectivity index (χ3v) is 3.26. The Morgan fingerprint density at radius 3 is 1.53 bits per heavy atom. The molecular formula is C15H26BrN. The fraction of sp³-hybridized carbons (Fsp3) is 0.600. The van der Waals surface area contributed by atoms with Gasteiger partial charge in [-0.25, -0.2) is 0 Å². The standard InChI is InChI=1S/C15H26N.BrH/c1-4-12-16(13-5-2,14-6-3)15-10-8-7-9-11-15;/h7-11H,4-6,12-14H2,1-3H3;1H/q+1;/p-1. The molecule has 0 saturated heterocycles. The summed E-state index contributed by atoms with van der Waals surface area (Å²) in [5.41, 5.74) is 1.49. The second-order valence-corrected chi connectivity index (χ2v) is 4.65. The van der Waals surface area contributed by atoms with Crippen LogP contribution in [0.4, 0.5) is 5.69 Å². The predicted molar refractivity (Wildman–Crippen MR) is 73.7 cm³/mol. The van der Waals surface area contributed by atoms with E-state index in [2.05, 4.69) is 51.1 Å². The van der Waals surface area contributed by atoms with Gasteiger partial charge in [0.05, 0.1) is 19.6 Å². The van der Waals surface area contributed by atoms with E-state index in [1.807, 2.05) is 0 Å². The smallest absolute Gasteiger partial charge is 0.132 e. The normalized spacial score (nSPS) is 11.0. The molecule has 0 saturated carbocycles. The molecule has 1 aromatic rings. The number of nitrogens with zero attached hydrogens (tertiary/aromatic N) is 1. The first kappa shape index (κ1) is 16.7. The van der Waals surface area contributed by atoms with Crippen LogP contribution in [0.2, 0.25) is 0 Å². The van der Waals surface area contributed by atoms with Gasteiger partial charge in [0.15, 0.2) is 0 Å². The minimum atomic E-state index is 0. The predicted octanol–water partition coefficient (Wildman–Crippen LogP) is 1.23. The van der Waals surface area contributed by atoms with E-state index in [0.717, 1.165) is 0 Å². The molecule has 0 amide bonds. The van der Waals surface area contributed by atoms with Crippen LogP contribution in [0.1, 0.15) is 40.0 Å². The maximum absolute atomic E-state index is 2.29. The van der Waals surface area contributed by atoms with Gasteiger partial charge in [-0.3, -0.25) is 4.48 Å². The molecule has 0 aliphatic carbocycles. The summed E-state index contributed by atoms with van der Waals surface area (Å²) in [6.45, 7) is 10.7. The van der Waals surface area contributed by atoms with E-state index in [4.69, 9.17) is 0 Å². The van der Waals surface area contributed by atoms with Gasteiger partial charge in [0, 0.05) is 0 Å². The van der Waals surface area contributed by atoms with Crippen LogP contribution in [0.5, 0.6) is 0 Å². The van der Waals surface area contributed by atoms with E-state index in [-0.39, 0.29) is 17.0 Å². The molecule has 98 valence electrons. The average molecular weight is 300 g/mol. The molecule has 0 bridgehead atoms. The zero-order chi connectivity index (χ0) is 11.9. The zero-order valence-electron chi connectivity index (χ0n) is 11.5. The highest BCUT2D eigenvalue weighted by Crippen LogP contribution is 2.24. The van der Waals surface area contributed by atoms with Gasteiger partial charge in [-0.1, -0.05) is 39.0 Å². The Kier molecular flexibility index (Phi) is 8.53. The first-order valence-corrected chi connectivity index (χ1v) is 6.70. The topological polar surface area (TPSA) is 0 Å². The Hall–Kier alpha value is -0.340. The molecule has 0 aliphatic heterocycles. The number of para-hydroxylation sites is 1. The van der Waals surface area contributed by atoms with Crippen molar-refractivity contribution < 1.29 is 17.0 Å². The number of hydrogen-bond donors (Lipinski definition) is 0. The minimum absolute atomic E-state index is 0. The number of quaternary nitrogens is 1. The van der Waals surface area contributed by atoms with Crippen molar-refractivity contribution in [3.8, 4) is 0 Å². The monoisotopic (exact) mass is 299 g/mol. The molecule has 0 atom stereocenters. The maximum Gasteiger partial charge on any atom is 0.132 e. The Morgan fingerprint density at radius 1 is 0.765 bits per heavy atom. The summed E-state index contributed by atoms with van der Waals surface area (Å²) in [4.78, 5) is 0. The van der Waals surface area contributed by atoms with Gasteiger partial charge in [-0.05, 0) is 31.4 Å². The lowest BCUT2D eigenvalue weighted by Gasteiger charge is -2.38. The molecule has 0 N–H and O–H groups in total. The summed E-state index contributed by atoms with van der Waals surface area (Å²) in [5.74, 6) is 0. The van der Waals surface area contributed by atoms with E-state index in [9.17, 15) is 0 Å². The van der Waals surface area contributed by atoms with Crippen molar-refractivity contribution in [1.29, 1.82) is 0 Å². The van der Waals surface area contributed by atoms with Crippen molar-refractivity contribution in [1.82, 2.24) is 4.48 Å². The van der Waals surface area contributed by atoms with Crippen molar-refractivity contribution in [3.63, 3.8) is 0 Å². The fourth-order valence-corrected chi connectivity index (χ4v) is 2.75. The quantitative estimate of drug-likeness (QED) is 0.665. The van der Waals surface area contributed by atoms with E-state index in [1.54, 1.807) is 0 Å². The molecule has 0 fully saturated rings. The molecule has 1 aromatic carbocycles. The molecule has 0 heterocycles. The Bertz CT molecular complexity index is 267. The van der Waals surface area contributed by atoms with Gasteiger partial charge in [0.25, 0.3) is 0 Å². The molecule has 0 aliphatic rings. The molecular weight excluding hydrogens is 274 g/mol. The SMILES string of the molecule is CCC[N+](CCC)(CCC)c1ccccc1.[Br-]. The number of rotatable bonds is 7. The van der Waals surface area contributed by atoms with Crippen LogP contribution in [0.15, 0.2) is 30.3 Å². The van der Waals surface area contributed by atoms with Crippen LogP contribution >= 0.6 is 0 Å². The van der Waals surface area contributed by atoms with Crippen LogP contribution in [-0.2, 0) is 0 Å². The van der Waals surface area contributed by atoms with E-state index in [1.165, 1.54) is 49.1 Å². The molecule has 2 heteroatoms.